The summed E-state index contributed by atoms with van der Waals surface area (Å²) in [5, 5.41) is 3.34. The van der Waals surface area contributed by atoms with Crippen LogP contribution in [0.2, 0.25) is 0 Å². The summed E-state index contributed by atoms with van der Waals surface area (Å²) in [6, 6.07) is 0.517. The second kappa shape index (κ2) is 5.83. The van der Waals surface area contributed by atoms with Crippen LogP contribution in [0.25, 0.3) is 0 Å². The molecule has 2 fully saturated rings. The van der Waals surface area contributed by atoms with Gasteiger partial charge in [0, 0.05) is 25.7 Å². The SMILES string of the molecule is CN(C)CC1NCCN(C2CCCCC2)C1=O. The zero-order valence-electron chi connectivity index (χ0n) is 11.1. The molecule has 1 aliphatic heterocycles. The van der Waals surface area contributed by atoms with Crippen LogP contribution >= 0.6 is 0 Å². The molecular weight excluding hydrogens is 214 g/mol. The maximum Gasteiger partial charge on any atom is 0.241 e. The van der Waals surface area contributed by atoms with Gasteiger partial charge in [0.05, 0.1) is 6.04 Å². The van der Waals surface area contributed by atoms with Crippen molar-refractivity contribution in [1.82, 2.24) is 15.1 Å². The van der Waals surface area contributed by atoms with E-state index in [1.165, 1.54) is 32.1 Å². The van der Waals surface area contributed by atoms with Crippen molar-refractivity contribution >= 4 is 5.91 Å². The number of rotatable bonds is 3. The van der Waals surface area contributed by atoms with Crippen molar-refractivity contribution in [2.24, 2.45) is 0 Å². The normalized spacial score (nSPS) is 27.8. The Morgan fingerprint density at radius 2 is 2.00 bits per heavy atom. The highest BCUT2D eigenvalue weighted by atomic mass is 16.2. The molecule has 0 spiro atoms. The van der Waals surface area contributed by atoms with Gasteiger partial charge in [-0.05, 0) is 26.9 Å². The summed E-state index contributed by atoms with van der Waals surface area (Å²) >= 11 is 0. The van der Waals surface area contributed by atoms with Crippen LogP contribution in [-0.4, -0.2) is 61.5 Å². The quantitative estimate of drug-likeness (QED) is 0.787. The third-order valence-electron chi connectivity index (χ3n) is 3.89. The Hall–Kier alpha value is -0.610. The predicted octanol–water partition coefficient (Wildman–Crippen LogP) is 0.681. The molecule has 1 saturated carbocycles. The van der Waals surface area contributed by atoms with Crippen LogP contribution in [0.1, 0.15) is 32.1 Å². The van der Waals surface area contributed by atoms with Crippen LogP contribution in [0.5, 0.6) is 0 Å². The van der Waals surface area contributed by atoms with Crippen LogP contribution in [0.4, 0.5) is 0 Å². The lowest BCUT2D eigenvalue weighted by Crippen LogP contribution is -2.60. The first-order valence-electron chi connectivity index (χ1n) is 6.87. The molecule has 1 heterocycles. The van der Waals surface area contributed by atoms with Crippen LogP contribution in [-0.2, 0) is 4.79 Å². The lowest BCUT2D eigenvalue weighted by atomic mass is 9.93. The van der Waals surface area contributed by atoms with Gasteiger partial charge in [0.1, 0.15) is 0 Å². The molecule has 2 aliphatic rings. The number of piperazine rings is 1. The molecule has 2 rings (SSSR count). The average Bonchev–Trinajstić information content (AvgIpc) is 2.32. The van der Waals surface area contributed by atoms with E-state index < -0.39 is 0 Å². The highest BCUT2D eigenvalue weighted by Gasteiger charge is 2.33. The molecule has 1 atom stereocenters. The van der Waals surface area contributed by atoms with Gasteiger partial charge in [0.15, 0.2) is 0 Å². The van der Waals surface area contributed by atoms with Crippen molar-refractivity contribution in [3.05, 3.63) is 0 Å². The van der Waals surface area contributed by atoms with Crippen molar-refractivity contribution in [3.63, 3.8) is 0 Å². The van der Waals surface area contributed by atoms with Crippen LogP contribution in [0.15, 0.2) is 0 Å². The van der Waals surface area contributed by atoms with Crippen molar-refractivity contribution < 1.29 is 4.79 Å². The van der Waals surface area contributed by atoms with Gasteiger partial charge in [0.2, 0.25) is 5.91 Å². The van der Waals surface area contributed by atoms with Gasteiger partial charge in [-0.15, -0.1) is 0 Å². The number of nitrogens with one attached hydrogen (secondary N) is 1. The third-order valence-corrected chi connectivity index (χ3v) is 3.89. The molecule has 0 bridgehead atoms. The topological polar surface area (TPSA) is 35.6 Å². The standard InChI is InChI=1S/C13H25N3O/c1-15(2)10-12-13(17)16(9-8-14-12)11-6-4-3-5-7-11/h11-12,14H,3-10H2,1-2H3. The van der Waals surface area contributed by atoms with Crippen molar-refractivity contribution in [2.45, 2.75) is 44.2 Å². The Labute approximate surface area is 104 Å². The fourth-order valence-corrected chi connectivity index (χ4v) is 3.02. The van der Waals surface area contributed by atoms with Crippen molar-refractivity contribution in [1.29, 1.82) is 0 Å². The van der Waals surface area contributed by atoms with Gasteiger partial charge in [-0.2, -0.15) is 0 Å². The molecule has 1 aliphatic carbocycles. The van der Waals surface area contributed by atoms with E-state index in [9.17, 15) is 4.79 Å². The van der Waals surface area contributed by atoms with Crippen LogP contribution in [0.3, 0.4) is 0 Å². The molecule has 0 aromatic carbocycles. The largest absolute Gasteiger partial charge is 0.337 e. The average molecular weight is 239 g/mol. The molecule has 1 saturated heterocycles. The van der Waals surface area contributed by atoms with E-state index in [1.54, 1.807) is 0 Å². The Morgan fingerprint density at radius 3 is 2.65 bits per heavy atom. The van der Waals surface area contributed by atoms with Gasteiger partial charge >= 0.3 is 0 Å². The van der Waals surface area contributed by atoms with Gasteiger partial charge in [0.25, 0.3) is 0 Å². The number of hydrogen-bond donors (Lipinski definition) is 1. The molecule has 0 radical (unpaired) electrons. The summed E-state index contributed by atoms with van der Waals surface area (Å²) in [6.45, 7) is 2.65. The molecule has 17 heavy (non-hydrogen) atoms. The molecule has 0 aromatic rings. The van der Waals surface area contributed by atoms with E-state index in [-0.39, 0.29) is 6.04 Å². The molecule has 4 heteroatoms. The van der Waals surface area contributed by atoms with E-state index in [0.717, 1.165) is 19.6 Å². The first-order valence-corrected chi connectivity index (χ1v) is 6.87. The minimum Gasteiger partial charge on any atom is -0.337 e. The van der Waals surface area contributed by atoms with Crippen LogP contribution in [0, 0.1) is 0 Å². The lowest BCUT2D eigenvalue weighted by molar-refractivity contribution is -0.139. The van der Waals surface area contributed by atoms with Crippen molar-refractivity contribution in [2.75, 3.05) is 33.7 Å². The summed E-state index contributed by atoms with van der Waals surface area (Å²) in [4.78, 5) is 16.6. The summed E-state index contributed by atoms with van der Waals surface area (Å²) in [7, 11) is 4.04. The van der Waals surface area contributed by atoms with E-state index in [4.69, 9.17) is 0 Å². The first-order chi connectivity index (χ1) is 8.18. The lowest BCUT2D eigenvalue weighted by Gasteiger charge is -2.40. The number of nitrogens with zero attached hydrogens (tertiary/aromatic N) is 2. The summed E-state index contributed by atoms with van der Waals surface area (Å²) in [5.74, 6) is 0.317. The van der Waals surface area contributed by atoms with Gasteiger partial charge in [-0.25, -0.2) is 0 Å². The Balaban J connectivity index is 1.95. The fourth-order valence-electron chi connectivity index (χ4n) is 3.02. The maximum absolute atomic E-state index is 12.4. The summed E-state index contributed by atoms with van der Waals surface area (Å²) in [6.07, 6.45) is 6.35. The minimum absolute atomic E-state index is 0.000626. The molecule has 1 N–H and O–H groups in total. The van der Waals surface area contributed by atoms with E-state index in [0.29, 0.717) is 11.9 Å². The van der Waals surface area contributed by atoms with Gasteiger partial charge in [-0.1, -0.05) is 19.3 Å². The highest BCUT2D eigenvalue weighted by Crippen LogP contribution is 2.23. The number of amides is 1. The molecule has 98 valence electrons. The molecule has 4 nitrogen and oxygen atoms in total. The van der Waals surface area contributed by atoms with E-state index in [1.807, 2.05) is 14.1 Å². The minimum atomic E-state index is 0.000626. The number of likely N-dealkylation sites (N-methyl/N-ethyl adjacent to an activating group) is 1. The first kappa shape index (κ1) is 12.8. The number of carbonyl (C=O) groups is 1. The Bertz CT molecular complexity index is 261. The summed E-state index contributed by atoms with van der Waals surface area (Å²) in [5.41, 5.74) is 0. The molecule has 0 aromatic heterocycles. The van der Waals surface area contributed by atoms with E-state index >= 15 is 0 Å². The van der Waals surface area contributed by atoms with Crippen molar-refractivity contribution in [3.8, 4) is 0 Å². The molecule has 1 amide bonds. The highest BCUT2D eigenvalue weighted by molar-refractivity contribution is 5.83. The molecular formula is C13H25N3O. The zero-order valence-corrected chi connectivity index (χ0v) is 11.1. The Morgan fingerprint density at radius 1 is 1.29 bits per heavy atom. The van der Waals surface area contributed by atoms with Gasteiger partial charge < -0.3 is 15.1 Å². The third kappa shape index (κ3) is 3.19. The summed E-state index contributed by atoms with van der Waals surface area (Å²) < 4.78 is 0. The fraction of sp³-hybridized carbons (Fsp3) is 0.923. The van der Waals surface area contributed by atoms with Gasteiger partial charge in [-0.3, -0.25) is 4.79 Å². The Kier molecular flexibility index (Phi) is 4.40. The molecule has 1 unspecified atom stereocenters. The smallest absolute Gasteiger partial charge is 0.241 e. The number of hydrogen-bond acceptors (Lipinski definition) is 3. The maximum atomic E-state index is 12.4. The zero-order chi connectivity index (χ0) is 12.3. The van der Waals surface area contributed by atoms with E-state index in [2.05, 4.69) is 15.1 Å². The predicted molar refractivity (Wildman–Crippen MR) is 68.9 cm³/mol. The second-order valence-corrected chi connectivity index (χ2v) is 5.59. The second-order valence-electron chi connectivity index (χ2n) is 5.59. The monoisotopic (exact) mass is 239 g/mol. The number of carbonyl (C=O) groups excluding carboxylic acids is 1. The van der Waals surface area contributed by atoms with Crippen LogP contribution < -0.4 is 5.32 Å².